The van der Waals surface area contributed by atoms with Crippen molar-refractivity contribution in [3.05, 3.63) is 53.4 Å². The van der Waals surface area contributed by atoms with E-state index >= 15 is 0 Å². The van der Waals surface area contributed by atoms with E-state index in [0.717, 1.165) is 15.6 Å². The maximum absolute atomic E-state index is 12.5. The molecule has 1 heterocycles. The lowest BCUT2D eigenvalue weighted by Crippen LogP contribution is -2.15. The number of aromatic nitrogens is 1. The van der Waals surface area contributed by atoms with Gasteiger partial charge in [0.2, 0.25) is 5.91 Å². The van der Waals surface area contributed by atoms with E-state index < -0.39 is 0 Å². The number of ether oxygens (including phenoxy) is 2. The molecule has 0 radical (unpaired) electrons. The molecule has 29 heavy (non-hydrogen) atoms. The number of rotatable bonds is 9. The van der Waals surface area contributed by atoms with Crippen LogP contribution in [0.4, 0.5) is 5.69 Å². The first kappa shape index (κ1) is 21.2. The molecule has 5 nitrogen and oxygen atoms in total. The summed E-state index contributed by atoms with van der Waals surface area (Å²) < 4.78 is 12.0. The van der Waals surface area contributed by atoms with Crippen LogP contribution in [0.3, 0.4) is 0 Å². The lowest BCUT2D eigenvalue weighted by molar-refractivity contribution is -0.113. The molecule has 0 fully saturated rings. The first-order chi connectivity index (χ1) is 14.1. The predicted octanol–water partition coefficient (Wildman–Crippen LogP) is 5.65. The van der Waals surface area contributed by atoms with Gasteiger partial charge in [-0.05, 0) is 32.9 Å². The number of hydrogen-bond donors (Lipinski definition) is 1. The molecule has 0 aliphatic carbocycles. The van der Waals surface area contributed by atoms with E-state index in [9.17, 15) is 4.79 Å². The molecule has 3 aromatic rings. The first-order valence-electron chi connectivity index (χ1n) is 9.44. The summed E-state index contributed by atoms with van der Waals surface area (Å²) in [5.41, 5.74) is 3.84. The fraction of sp³-hybridized carbons (Fsp3) is 0.273. The smallest absolute Gasteiger partial charge is 0.234 e. The highest BCUT2D eigenvalue weighted by atomic mass is 32.2. The van der Waals surface area contributed by atoms with Crippen LogP contribution in [0.25, 0.3) is 11.3 Å². The second-order valence-electron chi connectivity index (χ2n) is 6.23. The number of benzene rings is 2. The largest absolute Gasteiger partial charge is 0.494 e. The fourth-order valence-electron chi connectivity index (χ4n) is 2.64. The third-order valence-corrected chi connectivity index (χ3v) is 6.01. The summed E-state index contributed by atoms with van der Waals surface area (Å²) in [5, 5.41) is 4.94. The summed E-state index contributed by atoms with van der Waals surface area (Å²) in [5.74, 6) is 1.48. The van der Waals surface area contributed by atoms with E-state index in [4.69, 9.17) is 9.47 Å². The third-order valence-electron chi connectivity index (χ3n) is 3.99. The highest BCUT2D eigenvalue weighted by Crippen LogP contribution is 2.31. The second kappa shape index (κ2) is 10.3. The van der Waals surface area contributed by atoms with Crippen LogP contribution in [0.5, 0.6) is 11.5 Å². The molecule has 0 spiro atoms. The fourth-order valence-corrected chi connectivity index (χ4v) is 4.27. The van der Waals surface area contributed by atoms with Crippen molar-refractivity contribution >= 4 is 34.7 Å². The molecule has 2 aromatic carbocycles. The maximum atomic E-state index is 12.5. The van der Waals surface area contributed by atoms with Gasteiger partial charge in [-0.15, -0.1) is 11.3 Å². The quantitative estimate of drug-likeness (QED) is 0.447. The van der Waals surface area contributed by atoms with Gasteiger partial charge < -0.3 is 14.8 Å². The van der Waals surface area contributed by atoms with Gasteiger partial charge in [-0.1, -0.05) is 41.6 Å². The van der Waals surface area contributed by atoms with E-state index in [1.807, 2.05) is 31.4 Å². The molecule has 1 N–H and O–H groups in total. The van der Waals surface area contributed by atoms with Gasteiger partial charge in [-0.2, -0.15) is 0 Å². The second-order valence-corrected chi connectivity index (χ2v) is 8.31. The Hall–Kier alpha value is -2.51. The molecule has 1 aromatic heterocycles. The maximum Gasteiger partial charge on any atom is 0.234 e. The van der Waals surface area contributed by atoms with E-state index in [-0.39, 0.29) is 11.7 Å². The molecule has 1 amide bonds. The van der Waals surface area contributed by atoms with Crippen LogP contribution in [0.2, 0.25) is 0 Å². The molecule has 0 aliphatic rings. The van der Waals surface area contributed by atoms with Crippen molar-refractivity contribution < 1.29 is 14.3 Å². The molecule has 0 bridgehead atoms. The van der Waals surface area contributed by atoms with Gasteiger partial charge in [0.25, 0.3) is 0 Å². The van der Waals surface area contributed by atoms with Crippen molar-refractivity contribution in [2.75, 3.05) is 24.3 Å². The average molecular weight is 429 g/mol. The molecule has 0 aliphatic heterocycles. The molecule has 0 atom stereocenters. The number of anilines is 1. The minimum Gasteiger partial charge on any atom is -0.494 e. The van der Waals surface area contributed by atoms with Crippen molar-refractivity contribution in [3.8, 4) is 22.8 Å². The normalized spacial score (nSPS) is 10.6. The zero-order valence-electron chi connectivity index (χ0n) is 16.7. The van der Waals surface area contributed by atoms with Crippen molar-refractivity contribution in [1.29, 1.82) is 0 Å². The van der Waals surface area contributed by atoms with Gasteiger partial charge in [0, 0.05) is 17.0 Å². The van der Waals surface area contributed by atoms with E-state index in [2.05, 4.69) is 41.5 Å². The number of carbonyl (C=O) groups is 1. The summed E-state index contributed by atoms with van der Waals surface area (Å²) in [6, 6.07) is 13.7. The average Bonchev–Trinajstić information content (AvgIpc) is 3.18. The molecular formula is C22H24N2O3S2. The van der Waals surface area contributed by atoms with Crippen LogP contribution in [-0.2, 0) is 4.79 Å². The predicted molar refractivity (Wildman–Crippen MR) is 120 cm³/mol. The zero-order valence-corrected chi connectivity index (χ0v) is 18.4. The Morgan fingerprint density at radius 3 is 2.59 bits per heavy atom. The number of amides is 1. The van der Waals surface area contributed by atoms with Gasteiger partial charge in [-0.3, -0.25) is 4.79 Å². The number of aryl methyl sites for hydroxylation is 1. The van der Waals surface area contributed by atoms with E-state index in [0.29, 0.717) is 30.4 Å². The Morgan fingerprint density at radius 2 is 1.86 bits per heavy atom. The van der Waals surface area contributed by atoms with Crippen molar-refractivity contribution in [2.45, 2.75) is 25.1 Å². The minimum absolute atomic E-state index is 0.114. The number of carbonyl (C=O) groups excluding carboxylic acids is 1. The van der Waals surface area contributed by atoms with Crippen molar-refractivity contribution in [1.82, 2.24) is 4.98 Å². The summed E-state index contributed by atoms with van der Waals surface area (Å²) >= 11 is 2.97. The van der Waals surface area contributed by atoms with Crippen molar-refractivity contribution in [3.63, 3.8) is 0 Å². The standard InChI is InChI=1S/C22H24N2O3S2/c1-4-26-17-10-11-20(27-5-2)18(12-17)23-21(25)14-29-22-24-19(13-28-22)16-8-6-15(3)7-9-16/h6-13H,4-5,14H2,1-3H3,(H,23,25). The van der Waals surface area contributed by atoms with Crippen LogP contribution in [0.1, 0.15) is 19.4 Å². The van der Waals surface area contributed by atoms with E-state index in [1.165, 1.54) is 17.3 Å². The molecule has 0 saturated heterocycles. The molecular weight excluding hydrogens is 404 g/mol. The number of thioether (sulfide) groups is 1. The molecule has 0 unspecified atom stereocenters. The monoisotopic (exact) mass is 428 g/mol. The van der Waals surface area contributed by atoms with Gasteiger partial charge in [0.1, 0.15) is 11.5 Å². The Kier molecular flexibility index (Phi) is 7.55. The molecule has 152 valence electrons. The van der Waals surface area contributed by atoms with Gasteiger partial charge in [0.05, 0.1) is 30.3 Å². The summed E-state index contributed by atoms with van der Waals surface area (Å²) in [7, 11) is 0. The Labute approximate surface area is 179 Å². The van der Waals surface area contributed by atoms with Crippen LogP contribution < -0.4 is 14.8 Å². The molecule has 3 rings (SSSR count). The van der Waals surface area contributed by atoms with Crippen LogP contribution in [0, 0.1) is 6.92 Å². The number of nitrogens with zero attached hydrogens (tertiary/aromatic N) is 1. The first-order valence-corrected chi connectivity index (χ1v) is 11.3. The van der Waals surface area contributed by atoms with Crippen LogP contribution >= 0.6 is 23.1 Å². The third kappa shape index (κ3) is 5.98. The Morgan fingerprint density at radius 1 is 1.10 bits per heavy atom. The van der Waals surface area contributed by atoms with E-state index in [1.54, 1.807) is 17.4 Å². The molecule has 0 saturated carbocycles. The Balaban J connectivity index is 1.61. The number of hydrogen-bond acceptors (Lipinski definition) is 6. The Bertz CT molecular complexity index is 955. The van der Waals surface area contributed by atoms with Crippen molar-refractivity contribution in [2.24, 2.45) is 0 Å². The van der Waals surface area contributed by atoms with Gasteiger partial charge in [0.15, 0.2) is 4.34 Å². The van der Waals surface area contributed by atoms with Gasteiger partial charge >= 0.3 is 0 Å². The topological polar surface area (TPSA) is 60.5 Å². The van der Waals surface area contributed by atoms with Crippen LogP contribution in [0.15, 0.2) is 52.2 Å². The lowest BCUT2D eigenvalue weighted by Gasteiger charge is -2.13. The summed E-state index contributed by atoms with van der Waals surface area (Å²) in [4.78, 5) is 17.1. The zero-order chi connectivity index (χ0) is 20.6. The highest BCUT2D eigenvalue weighted by molar-refractivity contribution is 8.01. The summed E-state index contributed by atoms with van der Waals surface area (Å²) in [6.07, 6.45) is 0. The highest BCUT2D eigenvalue weighted by Gasteiger charge is 2.12. The molecule has 7 heteroatoms. The SMILES string of the molecule is CCOc1ccc(OCC)c(NC(=O)CSc2nc(-c3ccc(C)cc3)cs2)c1. The number of thiazole rings is 1. The van der Waals surface area contributed by atoms with Crippen LogP contribution in [-0.4, -0.2) is 29.9 Å². The number of nitrogens with one attached hydrogen (secondary N) is 1. The lowest BCUT2D eigenvalue weighted by atomic mass is 10.1. The summed E-state index contributed by atoms with van der Waals surface area (Å²) in [6.45, 7) is 6.97. The van der Waals surface area contributed by atoms with Gasteiger partial charge in [-0.25, -0.2) is 4.98 Å². The minimum atomic E-state index is -0.114.